The smallest absolute Gasteiger partial charge is 0.251 e. The Bertz CT molecular complexity index is 913. The second-order valence-corrected chi connectivity index (χ2v) is 7.63. The summed E-state index contributed by atoms with van der Waals surface area (Å²) < 4.78 is 6.09. The Balaban J connectivity index is 0.00000385. The standard InChI is InChI=1S/C24H31N5O3.HI/c1-2-26-24(29-14-12-21(13-15-29)32-20-6-4-3-5-7-20)28-16-18-8-10-19(11-9-18)23(31)27-17-22(25)30;/h3-11,21H,2,12-17H2,1H3,(H2,25,30)(H,26,28)(H,27,31);1H. The number of primary amides is 1. The molecule has 4 N–H and O–H groups in total. The van der Waals surface area contributed by atoms with Gasteiger partial charge in [-0.25, -0.2) is 4.99 Å². The number of carbonyl (C=O) groups excluding carboxylic acids is 2. The van der Waals surface area contributed by atoms with E-state index in [1.54, 1.807) is 12.1 Å². The van der Waals surface area contributed by atoms with Crippen LogP contribution in [-0.4, -0.2) is 55.0 Å². The quantitative estimate of drug-likeness (QED) is 0.259. The molecular weight excluding hydrogens is 533 g/mol. The molecule has 1 saturated heterocycles. The molecule has 0 unspecified atom stereocenters. The third-order valence-electron chi connectivity index (χ3n) is 5.17. The molecule has 2 aromatic rings. The minimum Gasteiger partial charge on any atom is -0.490 e. The summed E-state index contributed by atoms with van der Waals surface area (Å²) in [5.41, 5.74) is 6.53. The SMILES string of the molecule is CCNC(=NCc1ccc(C(=O)NCC(N)=O)cc1)N1CCC(Oc2ccccc2)CC1.I. The van der Waals surface area contributed by atoms with Gasteiger partial charge in [0.05, 0.1) is 13.1 Å². The fourth-order valence-corrected chi connectivity index (χ4v) is 3.50. The van der Waals surface area contributed by atoms with Crippen LogP contribution in [0.15, 0.2) is 59.6 Å². The number of hydrogen-bond acceptors (Lipinski definition) is 4. The number of likely N-dealkylation sites (tertiary alicyclic amines) is 1. The molecule has 0 atom stereocenters. The van der Waals surface area contributed by atoms with Gasteiger partial charge in [-0.3, -0.25) is 9.59 Å². The van der Waals surface area contributed by atoms with Crippen LogP contribution < -0.4 is 21.1 Å². The molecule has 33 heavy (non-hydrogen) atoms. The largest absolute Gasteiger partial charge is 0.490 e. The Hall–Kier alpha value is -2.82. The molecule has 2 aromatic carbocycles. The second kappa shape index (κ2) is 13.7. The Morgan fingerprint density at radius 2 is 1.73 bits per heavy atom. The lowest BCUT2D eigenvalue weighted by molar-refractivity contribution is -0.117. The number of amides is 2. The number of guanidine groups is 1. The van der Waals surface area contributed by atoms with E-state index >= 15 is 0 Å². The molecule has 1 heterocycles. The van der Waals surface area contributed by atoms with Gasteiger partial charge in [-0.1, -0.05) is 30.3 Å². The number of ether oxygens (including phenoxy) is 1. The van der Waals surface area contributed by atoms with E-state index in [1.165, 1.54) is 0 Å². The fourth-order valence-electron chi connectivity index (χ4n) is 3.50. The van der Waals surface area contributed by atoms with Gasteiger partial charge < -0.3 is 26.0 Å². The molecule has 0 bridgehead atoms. The Labute approximate surface area is 212 Å². The highest BCUT2D eigenvalue weighted by Gasteiger charge is 2.22. The Morgan fingerprint density at radius 3 is 2.33 bits per heavy atom. The van der Waals surface area contributed by atoms with Crippen LogP contribution in [0.3, 0.4) is 0 Å². The first kappa shape index (κ1) is 26.4. The summed E-state index contributed by atoms with van der Waals surface area (Å²) in [6.45, 7) is 4.93. The van der Waals surface area contributed by atoms with Crippen LogP contribution >= 0.6 is 24.0 Å². The highest BCUT2D eigenvalue weighted by atomic mass is 127. The van der Waals surface area contributed by atoms with Gasteiger partial charge in [0.1, 0.15) is 11.9 Å². The van der Waals surface area contributed by atoms with Gasteiger partial charge in [-0.15, -0.1) is 24.0 Å². The number of benzene rings is 2. The zero-order chi connectivity index (χ0) is 22.8. The van der Waals surface area contributed by atoms with Crippen molar-refractivity contribution in [3.8, 4) is 5.75 Å². The van der Waals surface area contributed by atoms with Crippen molar-refractivity contribution < 1.29 is 14.3 Å². The zero-order valence-electron chi connectivity index (χ0n) is 18.8. The van der Waals surface area contributed by atoms with Gasteiger partial charge in [0.15, 0.2) is 5.96 Å². The second-order valence-electron chi connectivity index (χ2n) is 7.63. The van der Waals surface area contributed by atoms with Gasteiger partial charge in [0.2, 0.25) is 5.91 Å². The minimum absolute atomic E-state index is 0. The molecule has 3 rings (SSSR count). The summed E-state index contributed by atoms with van der Waals surface area (Å²) in [4.78, 5) is 29.8. The van der Waals surface area contributed by atoms with E-state index in [4.69, 9.17) is 15.5 Å². The molecule has 1 fully saturated rings. The van der Waals surface area contributed by atoms with Crippen LogP contribution in [0.5, 0.6) is 5.75 Å². The number of para-hydroxylation sites is 1. The van der Waals surface area contributed by atoms with Crippen molar-refractivity contribution >= 4 is 41.8 Å². The van der Waals surface area contributed by atoms with E-state index < -0.39 is 5.91 Å². The summed E-state index contributed by atoms with van der Waals surface area (Å²) >= 11 is 0. The minimum atomic E-state index is -0.573. The van der Waals surface area contributed by atoms with Gasteiger partial charge in [0.25, 0.3) is 5.91 Å². The van der Waals surface area contributed by atoms with E-state index in [0.29, 0.717) is 12.1 Å². The van der Waals surface area contributed by atoms with Crippen molar-refractivity contribution in [1.82, 2.24) is 15.5 Å². The van der Waals surface area contributed by atoms with E-state index in [-0.39, 0.29) is 42.5 Å². The number of aliphatic imine (C=N–C) groups is 1. The molecular formula is C24H32IN5O3. The lowest BCUT2D eigenvalue weighted by Crippen LogP contribution is -2.47. The number of carbonyl (C=O) groups is 2. The first-order chi connectivity index (χ1) is 15.5. The van der Waals surface area contributed by atoms with Crippen LogP contribution in [0.4, 0.5) is 0 Å². The van der Waals surface area contributed by atoms with Gasteiger partial charge in [-0.05, 0) is 36.8 Å². The number of rotatable bonds is 8. The third-order valence-corrected chi connectivity index (χ3v) is 5.17. The van der Waals surface area contributed by atoms with Crippen LogP contribution in [0.2, 0.25) is 0 Å². The third kappa shape index (κ3) is 8.56. The average molecular weight is 565 g/mol. The van der Waals surface area contributed by atoms with Crippen molar-refractivity contribution in [3.05, 3.63) is 65.7 Å². The van der Waals surface area contributed by atoms with Crippen molar-refractivity contribution in [1.29, 1.82) is 0 Å². The summed E-state index contributed by atoms with van der Waals surface area (Å²) in [5, 5.41) is 5.85. The molecule has 1 aliphatic heterocycles. The number of nitrogens with two attached hydrogens (primary N) is 1. The molecule has 0 radical (unpaired) electrons. The van der Waals surface area contributed by atoms with Crippen LogP contribution in [0.1, 0.15) is 35.7 Å². The summed E-state index contributed by atoms with van der Waals surface area (Å²) in [5.74, 6) is 0.899. The van der Waals surface area contributed by atoms with Crippen LogP contribution in [-0.2, 0) is 11.3 Å². The number of piperidine rings is 1. The predicted octanol–water partition coefficient (Wildman–Crippen LogP) is 2.53. The summed E-state index contributed by atoms with van der Waals surface area (Å²) in [6, 6.07) is 17.1. The van der Waals surface area contributed by atoms with E-state index in [1.807, 2.05) is 42.5 Å². The van der Waals surface area contributed by atoms with Crippen LogP contribution in [0, 0.1) is 0 Å². The van der Waals surface area contributed by atoms with E-state index in [2.05, 4.69) is 22.5 Å². The van der Waals surface area contributed by atoms with Crippen molar-refractivity contribution in [2.24, 2.45) is 10.7 Å². The first-order valence-corrected chi connectivity index (χ1v) is 11.0. The average Bonchev–Trinajstić information content (AvgIpc) is 2.82. The maximum atomic E-state index is 12.0. The van der Waals surface area contributed by atoms with Gasteiger partial charge >= 0.3 is 0 Å². The normalized spacial score (nSPS) is 14.2. The Kier molecular flexibility index (Phi) is 10.9. The van der Waals surface area contributed by atoms with E-state index in [0.717, 1.165) is 49.7 Å². The highest BCUT2D eigenvalue weighted by Crippen LogP contribution is 2.19. The van der Waals surface area contributed by atoms with Crippen LogP contribution in [0.25, 0.3) is 0 Å². The zero-order valence-corrected chi connectivity index (χ0v) is 21.2. The molecule has 9 heteroatoms. The molecule has 178 valence electrons. The predicted molar refractivity (Wildman–Crippen MR) is 140 cm³/mol. The Morgan fingerprint density at radius 1 is 1.06 bits per heavy atom. The lowest BCUT2D eigenvalue weighted by Gasteiger charge is -2.34. The molecule has 0 saturated carbocycles. The maximum absolute atomic E-state index is 12.0. The summed E-state index contributed by atoms with van der Waals surface area (Å²) in [7, 11) is 0. The van der Waals surface area contributed by atoms with E-state index in [9.17, 15) is 9.59 Å². The number of nitrogens with one attached hydrogen (secondary N) is 2. The summed E-state index contributed by atoms with van der Waals surface area (Å²) in [6.07, 6.45) is 2.09. The number of nitrogens with zero attached hydrogens (tertiary/aromatic N) is 2. The van der Waals surface area contributed by atoms with Crippen molar-refractivity contribution in [2.45, 2.75) is 32.4 Å². The highest BCUT2D eigenvalue weighted by molar-refractivity contribution is 14.0. The molecule has 0 aliphatic carbocycles. The topological polar surface area (TPSA) is 109 Å². The maximum Gasteiger partial charge on any atom is 0.251 e. The number of halogens is 1. The van der Waals surface area contributed by atoms with Crippen molar-refractivity contribution in [3.63, 3.8) is 0 Å². The van der Waals surface area contributed by atoms with Gasteiger partial charge in [-0.2, -0.15) is 0 Å². The number of hydrogen-bond donors (Lipinski definition) is 3. The monoisotopic (exact) mass is 565 g/mol. The molecule has 0 aromatic heterocycles. The van der Waals surface area contributed by atoms with Crippen molar-refractivity contribution in [2.75, 3.05) is 26.2 Å². The molecule has 2 amide bonds. The molecule has 8 nitrogen and oxygen atoms in total. The molecule has 1 aliphatic rings. The fraction of sp³-hybridized carbons (Fsp3) is 0.375. The lowest BCUT2D eigenvalue weighted by atomic mass is 10.1. The molecule has 0 spiro atoms. The van der Waals surface area contributed by atoms with Gasteiger partial charge in [0, 0.05) is 38.0 Å². The first-order valence-electron chi connectivity index (χ1n) is 11.0.